The van der Waals surface area contributed by atoms with Crippen LogP contribution in [-0.4, -0.2) is 64.0 Å². The molecule has 3 aromatic rings. The van der Waals surface area contributed by atoms with E-state index in [9.17, 15) is 14.7 Å². The van der Waals surface area contributed by atoms with Gasteiger partial charge in [0.05, 0.1) is 42.5 Å². The number of carbonyl (C=O) groups excluding carboxylic acids is 2. The molecule has 6 rings (SSSR count). The molecule has 2 aromatic carbocycles. The van der Waals surface area contributed by atoms with Crippen molar-refractivity contribution < 1.29 is 33.5 Å². The minimum absolute atomic E-state index is 0.141. The highest BCUT2D eigenvalue weighted by molar-refractivity contribution is 6.32. The fraction of sp³-hybridized carbons (Fsp3) is 0.423. The first-order chi connectivity index (χ1) is 17.4. The van der Waals surface area contributed by atoms with Gasteiger partial charge in [0, 0.05) is 12.1 Å². The van der Waals surface area contributed by atoms with E-state index in [0.717, 1.165) is 16.9 Å². The highest BCUT2D eigenvalue weighted by atomic mass is 35.5. The van der Waals surface area contributed by atoms with Crippen molar-refractivity contribution in [2.45, 2.75) is 57.9 Å². The Kier molecular flexibility index (Phi) is 5.75. The molecule has 1 N–H and O–H groups in total. The molecule has 2 amide bonds. The van der Waals surface area contributed by atoms with Crippen molar-refractivity contribution in [1.29, 1.82) is 0 Å². The topological polar surface area (TPSA) is 94.1 Å². The van der Waals surface area contributed by atoms with Crippen LogP contribution in [0.25, 0.3) is 11.0 Å². The van der Waals surface area contributed by atoms with Gasteiger partial charge in [0.25, 0.3) is 17.6 Å². The second-order valence-electron chi connectivity index (χ2n) is 9.24. The summed E-state index contributed by atoms with van der Waals surface area (Å²) in [5.41, 5.74) is 2.63. The Morgan fingerprint density at radius 3 is 2.44 bits per heavy atom. The molecule has 0 radical (unpaired) electrons. The minimum Gasteiger partial charge on any atom is -0.483 e. The normalized spacial score (nSPS) is 25.2. The molecular weight excluding hydrogens is 486 g/mol. The first-order valence-electron chi connectivity index (χ1n) is 12.2. The number of benzene rings is 2. The number of hydrogen-bond acceptors (Lipinski definition) is 6. The van der Waals surface area contributed by atoms with Gasteiger partial charge in [-0.15, -0.1) is 0 Å². The fourth-order valence-electron chi connectivity index (χ4n) is 5.59. The molecule has 2 saturated heterocycles. The van der Waals surface area contributed by atoms with Gasteiger partial charge in [-0.2, -0.15) is 0 Å². The van der Waals surface area contributed by atoms with Crippen molar-refractivity contribution in [2.24, 2.45) is 0 Å². The van der Waals surface area contributed by atoms with Gasteiger partial charge < -0.3 is 19.3 Å². The molecular formula is C26H27ClN3O6+. The van der Waals surface area contributed by atoms with E-state index in [2.05, 4.69) is 9.13 Å². The molecule has 0 aliphatic carbocycles. The number of halogens is 1. The molecule has 0 spiro atoms. The molecule has 9 nitrogen and oxygen atoms in total. The van der Waals surface area contributed by atoms with E-state index in [-0.39, 0.29) is 37.2 Å². The number of ether oxygens (including phenoxy) is 3. The number of hydrogen-bond donors (Lipinski definition) is 1. The van der Waals surface area contributed by atoms with Gasteiger partial charge in [-0.05, 0) is 26.0 Å². The maximum absolute atomic E-state index is 13.0. The lowest BCUT2D eigenvalue weighted by atomic mass is 10.1. The van der Waals surface area contributed by atoms with E-state index in [1.165, 1.54) is 4.90 Å². The maximum Gasteiger partial charge on any atom is 0.277 e. The number of aryl methyl sites for hydroxylation is 2. The molecule has 2 fully saturated rings. The van der Waals surface area contributed by atoms with Crippen LogP contribution in [0, 0.1) is 0 Å². The smallest absolute Gasteiger partial charge is 0.277 e. The summed E-state index contributed by atoms with van der Waals surface area (Å²) >= 11 is 6.67. The van der Waals surface area contributed by atoms with E-state index in [1.54, 1.807) is 24.3 Å². The van der Waals surface area contributed by atoms with Gasteiger partial charge in [0.1, 0.15) is 30.6 Å². The fourth-order valence-corrected chi connectivity index (χ4v) is 5.79. The van der Waals surface area contributed by atoms with Crippen LogP contribution in [0.15, 0.2) is 36.4 Å². The van der Waals surface area contributed by atoms with Crippen LogP contribution in [-0.2, 0) is 29.1 Å². The molecule has 36 heavy (non-hydrogen) atoms. The number of aliphatic hydroxyl groups excluding tert-OH is 1. The lowest BCUT2D eigenvalue weighted by Crippen LogP contribution is -2.41. The number of rotatable bonds is 6. The van der Waals surface area contributed by atoms with E-state index in [4.69, 9.17) is 25.8 Å². The number of fused-ring (bicyclic) bond motifs is 3. The lowest BCUT2D eigenvalue weighted by molar-refractivity contribution is -0.677. The number of aromatic nitrogens is 2. The molecule has 0 bridgehead atoms. The van der Waals surface area contributed by atoms with Crippen LogP contribution >= 0.6 is 11.6 Å². The lowest BCUT2D eigenvalue weighted by Gasteiger charge is -2.18. The van der Waals surface area contributed by atoms with Gasteiger partial charge in [-0.1, -0.05) is 23.7 Å². The first kappa shape index (κ1) is 23.4. The summed E-state index contributed by atoms with van der Waals surface area (Å²) in [5, 5.41) is 10.5. The van der Waals surface area contributed by atoms with Crippen LogP contribution in [0.4, 0.5) is 0 Å². The van der Waals surface area contributed by atoms with E-state index >= 15 is 0 Å². The molecule has 3 aliphatic heterocycles. The molecule has 188 valence electrons. The first-order valence-corrected chi connectivity index (χ1v) is 12.6. The molecule has 3 aliphatic rings. The zero-order chi connectivity index (χ0) is 25.1. The van der Waals surface area contributed by atoms with Crippen molar-refractivity contribution in [3.8, 4) is 5.75 Å². The van der Waals surface area contributed by atoms with Crippen molar-refractivity contribution in [3.05, 3.63) is 58.4 Å². The van der Waals surface area contributed by atoms with Crippen LogP contribution in [0.2, 0.25) is 5.02 Å². The Labute approximate surface area is 212 Å². The van der Waals surface area contributed by atoms with Crippen molar-refractivity contribution in [3.63, 3.8) is 0 Å². The third kappa shape index (κ3) is 3.45. The average molecular weight is 513 g/mol. The van der Waals surface area contributed by atoms with E-state index < -0.39 is 12.2 Å². The van der Waals surface area contributed by atoms with Crippen LogP contribution in [0.1, 0.15) is 40.4 Å². The second-order valence-corrected chi connectivity index (χ2v) is 9.64. The number of carbonyl (C=O) groups is 2. The number of amides is 2. The highest BCUT2D eigenvalue weighted by Gasteiger charge is 2.48. The van der Waals surface area contributed by atoms with Gasteiger partial charge in [-0.3, -0.25) is 14.5 Å². The Morgan fingerprint density at radius 2 is 1.78 bits per heavy atom. The predicted octanol–water partition coefficient (Wildman–Crippen LogP) is 2.32. The number of imidazole rings is 1. The van der Waals surface area contributed by atoms with Crippen molar-refractivity contribution in [2.75, 3.05) is 13.2 Å². The summed E-state index contributed by atoms with van der Waals surface area (Å²) in [6, 6.07) is 10.6. The second kappa shape index (κ2) is 8.85. The molecule has 10 heteroatoms. The molecule has 0 saturated carbocycles. The van der Waals surface area contributed by atoms with Crippen molar-refractivity contribution >= 4 is 34.4 Å². The summed E-state index contributed by atoms with van der Waals surface area (Å²) in [5.74, 6) is 0.737. The Balaban J connectivity index is 1.37. The third-order valence-corrected chi connectivity index (χ3v) is 7.60. The van der Waals surface area contributed by atoms with Crippen LogP contribution < -0.4 is 9.30 Å². The van der Waals surface area contributed by atoms with Gasteiger partial charge >= 0.3 is 0 Å². The highest BCUT2D eigenvalue weighted by Crippen LogP contribution is 2.35. The number of nitrogens with zero attached hydrogens (tertiary/aromatic N) is 3. The summed E-state index contributed by atoms with van der Waals surface area (Å²) in [4.78, 5) is 27.4. The molecule has 4 atom stereocenters. The summed E-state index contributed by atoms with van der Waals surface area (Å²) in [6.45, 7) is 5.95. The minimum atomic E-state index is -0.660. The maximum atomic E-state index is 13.0. The molecule has 4 heterocycles. The van der Waals surface area contributed by atoms with E-state index in [1.807, 2.05) is 26.0 Å². The summed E-state index contributed by atoms with van der Waals surface area (Å²) in [6.07, 6.45) is -1.80. The molecule has 1 aromatic heterocycles. The Morgan fingerprint density at radius 1 is 1.08 bits per heavy atom. The summed E-state index contributed by atoms with van der Waals surface area (Å²) in [7, 11) is 0. The van der Waals surface area contributed by atoms with Gasteiger partial charge in [0.2, 0.25) is 0 Å². The van der Waals surface area contributed by atoms with Crippen molar-refractivity contribution in [1.82, 2.24) is 9.47 Å². The van der Waals surface area contributed by atoms with Gasteiger partial charge in [0.15, 0.2) is 17.1 Å². The van der Waals surface area contributed by atoms with Crippen LogP contribution in [0.3, 0.4) is 0 Å². The quantitative estimate of drug-likeness (QED) is 0.402. The third-order valence-electron chi connectivity index (χ3n) is 7.30. The predicted molar refractivity (Wildman–Crippen MR) is 129 cm³/mol. The zero-order valence-electron chi connectivity index (χ0n) is 20.0. The SMILES string of the molecule is CCn1c(CN2C(=O)c3ccccc3C2=O)[n+](CC)c2cc(Cl)c(O[C@H]3CO[C@H]4[C@@H]3OC[C@@H]4O)cc21. The van der Waals surface area contributed by atoms with Crippen LogP contribution in [0.5, 0.6) is 5.75 Å². The van der Waals surface area contributed by atoms with Gasteiger partial charge in [-0.25, -0.2) is 9.13 Å². The number of aliphatic hydroxyl groups is 1. The zero-order valence-corrected chi connectivity index (χ0v) is 20.8. The standard InChI is InChI=1S/C26H27ClN3O6/c1-3-28-17-9-16(27)20(36-21-13-35-23-19(31)12-34-24(21)23)10-18(17)29(4-2)22(28)11-30-25(32)14-7-5-6-8-15(14)26(30)33/h5-10,19,21,23-24,31H,3-4,11-13H2,1-2H3/q+1/t19-,21-,23+,24+/m0/s1. The monoisotopic (exact) mass is 512 g/mol. The van der Waals surface area contributed by atoms with E-state index in [0.29, 0.717) is 41.6 Å². The summed E-state index contributed by atoms with van der Waals surface area (Å²) < 4.78 is 21.8. The average Bonchev–Trinajstić information content (AvgIpc) is 3.59. The Hall–Kier alpha value is -2.98. The molecule has 0 unspecified atom stereocenters. The number of imide groups is 1. The largest absolute Gasteiger partial charge is 0.483 e. The Bertz CT molecular complexity index is 1350.